The number of benzene rings is 1. The number of fused-ring (bicyclic) bond motifs is 1. The van der Waals surface area contributed by atoms with Gasteiger partial charge in [0.25, 0.3) is 0 Å². The lowest BCUT2D eigenvalue weighted by atomic mass is 9.98. The Morgan fingerprint density at radius 1 is 1.11 bits per heavy atom. The quantitative estimate of drug-likeness (QED) is 0.459. The van der Waals surface area contributed by atoms with Crippen LogP contribution >= 0.6 is 11.3 Å². The minimum absolute atomic E-state index is 0.0648. The molecule has 1 amide bonds. The van der Waals surface area contributed by atoms with Crippen molar-refractivity contribution in [1.82, 2.24) is 14.8 Å². The van der Waals surface area contributed by atoms with E-state index >= 15 is 0 Å². The van der Waals surface area contributed by atoms with Crippen molar-refractivity contribution < 1.29 is 18.0 Å². The minimum Gasteiger partial charge on any atom is -0.354 e. The second kappa shape index (κ2) is 9.86. The van der Waals surface area contributed by atoms with E-state index in [-0.39, 0.29) is 18.0 Å². The highest BCUT2D eigenvalue weighted by molar-refractivity contribution is 7.17. The van der Waals surface area contributed by atoms with Gasteiger partial charge in [0.1, 0.15) is 5.82 Å². The number of carbonyl (C=O) groups excluding carboxylic acids is 1. The van der Waals surface area contributed by atoms with Gasteiger partial charge in [0.2, 0.25) is 5.91 Å². The van der Waals surface area contributed by atoms with E-state index in [0.717, 1.165) is 18.7 Å². The van der Waals surface area contributed by atoms with Crippen LogP contribution in [0.4, 0.5) is 19.0 Å². The molecule has 9 heteroatoms. The van der Waals surface area contributed by atoms with Crippen LogP contribution in [0.1, 0.15) is 31.4 Å². The van der Waals surface area contributed by atoms with Crippen LogP contribution in [0, 0.1) is 0 Å². The van der Waals surface area contributed by atoms with E-state index in [0.29, 0.717) is 38.5 Å². The Morgan fingerprint density at radius 2 is 1.89 bits per heavy atom. The van der Waals surface area contributed by atoms with Crippen molar-refractivity contribution in [3.63, 3.8) is 0 Å². The fourth-order valence-corrected chi connectivity index (χ4v) is 5.95. The molecule has 2 aliphatic heterocycles. The van der Waals surface area contributed by atoms with E-state index in [9.17, 15) is 18.0 Å². The second-order valence-corrected chi connectivity index (χ2v) is 10.6. The average molecular weight is 515 g/mol. The summed E-state index contributed by atoms with van der Waals surface area (Å²) < 4.78 is 39.9. The van der Waals surface area contributed by atoms with Crippen LogP contribution in [0.5, 0.6) is 0 Å². The standard InChI is InChI=1S/C27H29F3N4OS/c1-18-15-33(25-6-4-23(14-31-25)27(28,29)30)16-19(2)34(18)17-26(35)32-10-7-20(8-11-32)21-3-5-24-22(13-21)9-12-36-24/h3-7,9,12-14,18-19H,8,10-11,15-17H2,1-2H3/t18-,19+. The topological polar surface area (TPSA) is 39.7 Å². The van der Waals surface area contributed by atoms with Crippen LogP contribution in [0.3, 0.4) is 0 Å². The predicted octanol–water partition coefficient (Wildman–Crippen LogP) is 5.53. The maximum absolute atomic E-state index is 13.1. The maximum Gasteiger partial charge on any atom is 0.417 e. The van der Waals surface area contributed by atoms with Crippen molar-refractivity contribution in [2.24, 2.45) is 0 Å². The molecule has 4 heterocycles. The molecule has 1 fully saturated rings. The van der Waals surface area contributed by atoms with Gasteiger partial charge < -0.3 is 9.80 Å². The third-order valence-corrected chi connectivity index (χ3v) is 8.10. The van der Waals surface area contributed by atoms with Crippen molar-refractivity contribution >= 4 is 38.7 Å². The molecular weight excluding hydrogens is 485 g/mol. The first-order chi connectivity index (χ1) is 17.2. The zero-order chi connectivity index (χ0) is 25.4. The number of hydrogen-bond donors (Lipinski definition) is 0. The van der Waals surface area contributed by atoms with Crippen LogP contribution in [0.15, 0.2) is 54.1 Å². The fraction of sp³-hybridized carbons (Fsp3) is 0.407. The average Bonchev–Trinajstić information content (AvgIpc) is 3.34. The Morgan fingerprint density at radius 3 is 2.53 bits per heavy atom. The van der Waals surface area contributed by atoms with E-state index in [4.69, 9.17) is 0 Å². The van der Waals surface area contributed by atoms with Gasteiger partial charge in [0, 0.05) is 49.2 Å². The lowest BCUT2D eigenvalue weighted by Crippen LogP contribution is -2.59. The van der Waals surface area contributed by atoms with Crippen molar-refractivity contribution in [3.05, 3.63) is 65.2 Å². The first-order valence-corrected chi connectivity index (χ1v) is 13.1. The number of nitrogens with zero attached hydrogens (tertiary/aromatic N) is 4. The summed E-state index contributed by atoms with van der Waals surface area (Å²) >= 11 is 1.74. The summed E-state index contributed by atoms with van der Waals surface area (Å²) in [5.74, 6) is 0.639. The van der Waals surface area contributed by atoms with E-state index in [2.05, 4.69) is 59.5 Å². The Balaban J connectivity index is 1.18. The predicted molar refractivity (Wildman–Crippen MR) is 138 cm³/mol. The normalized spacial score (nSPS) is 21.6. The lowest BCUT2D eigenvalue weighted by molar-refractivity contribution is -0.137. The molecule has 2 aromatic heterocycles. The molecule has 2 atom stereocenters. The van der Waals surface area contributed by atoms with Gasteiger partial charge in [-0.3, -0.25) is 9.69 Å². The first-order valence-electron chi connectivity index (χ1n) is 12.2. The summed E-state index contributed by atoms with van der Waals surface area (Å²) in [4.78, 5) is 23.3. The SMILES string of the molecule is C[C@@H]1CN(c2ccc(C(F)(F)F)cn2)C[C@H](C)N1CC(=O)N1CC=C(c2ccc3sccc3c2)CC1. The molecule has 5 nitrogen and oxygen atoms in total. The number of amides is 1. The summed E-state index contributed by atoms with van der Waals surface area (Å²) in [6.07, 6.45) is -0.514. The number of piperazine rings is 1. The second-order valence-electron chi connectivity index (χ2n) is 9.67. The number of anilines is 1. The molecule has 0 N–H and O–H groups in total. The number of alkyl halides is 3. The Labute approximate surface area is 212 Å². The molecule has 0 bridgehead atoms. The molecule has 0 spiro atoms. The van der Waals surface area contributed by atoms with Crippen LogP contribution in [-0.2, 0) is 11.0 Å². The Hall–Kier alpha value is -2.91. The van der Waals surface area contributed by atoms with Crippen molar-refractivity contribution in [2.75, 3.05) is 37.6 Å². The monoisotopic (exact) mass is 514 g/mol. The van der Waals surface area contributed by atoms with Crippen LogP contribution in [-0.4, -0.2) is 65.5 Å². The third-order valence-electron chi connectivity index (χ3n) is 7.20. The highest BCUT2D eigenvalue weighted by Gasteiger charge is 2.34. The van der Waals surface area contributed by atoms with Gasteiger partial charge in [-0.1, -0.05) is 12.1 Å². The first kappa shape index (κ1) is 24.8. The molecule has 2 aliphatic rings. The van der Waals surface area contributed by atoms with Crippen LogP contribution in [0.25, 0.3) is 15.7 Å². The molecule has 0 saturated carbocycles. The van der Waals surface area contributed by atoms with Gasteiger partial charge in [-0.05, 0) is 72.5 Å². The maximum atomic E-state index is 13.1. The zero-order valence-electron chi connectivity index (χ0n) is 20.3. The number of thiophene rings is 1. The van der Waals surface area contributed by atoms with Gasteiger partial charge >= 0.3 is 6.18 Å². The minimum atomic E-state index is -4.40. The van der Waals surface area contributed by atoms with Gasteiger partial charge in [-0.25, -0.2) is 4.98 Å². The molecule has 0 unspecified atom stereocenters. The largest absolute Gasteiger partial charge is 0.417 e. The molecular formula is C27H29F3N4OS. The van der Waals surface area contributed by atoms with Gasteiger partial charge in [-0.15, -0.1) is 11.3 Å². The van der Waals surface area contributed by atoms with E-state index in [1.807, 2.05) is 9.80 Å². The van der Waals surface area contributed by atoms with Crippen LogP contribution in [0.2, 0.25) is 0 Å². The lowest BCUT2D eigenvalue weighted by Gasteiger charge is -2.45. The Bertz CT molecular complexity index is 1260. The van der Waals surface area contributed by atoms with E-state index in [1.54, 1.807) is 11.3 Å². The summed E-state index contributed by atoms with van der Waals surface area (Å²) in [5.41, 5.74) is 1.76. The number of rotatable bonds is 4. The van der Waals surface area contributed by atoms with E-state index in [1.165, 1.54) is 27.3 Å². The molecule has 36 heavy (non-hydrogen) atoms. The van der Waals surface area contributed by atoms with Crippen molar-refractivity contribution in [2.45, 2.75) is 38.5 Å². The smallest absolute Gasteiger partial charge is 0.354 e. The van der Waals surface area contributed by atoms with Gasteiger partial charge in [0.15, 0.2) is 0 Å². The summed E-state index contributed by atoms with van der Waals surface area (Å²) in [6, 6.07) is 11.3. The molecule has 5 rings (SSSR count). The number of aromatic nitrogens is 1. The number of pyridine rings is 1. The van der Waals surface area contributed by atoms with Crippen molar-refractivity contribution in [1.29, 1.82) is 0 Å². The molecule has 1 aromatic carbocycles. The fourth-order valence-electron chi connectivity index (χ4n) is 5.18. The summed E-state index contributed by atoms with van der Waals surface area (Å²) in [7, 11) is 0. The summed E-state index contributed by atoms with van der Waals surface area (Å²) in [5, 5.41) is 3.36. The molecule has 1 saturated heterocycles. The van der Waals surface area contributed by atoms with E-state index < -0.39 is 11.7 Å². The number of carbonyl (C=O) groups is 1. The Kier molecular flexibility index (Phi) is 6.78. The van der Waals surface area contributed by atoms with Gasteiger partial charge in [0.05, 0.1) is 12.1 Å². The van der Waals surface area contributed by atoms with Crippen LogP contribution < -0.4 is 4.90 Å². The molecule has 0 aliphatic carbocycles. The number of halogens is 3. The molecule has 0 radical (unpaired) electrons. The van der Waals surface area contributed by atoms with Gasteiger partial charge in [-0.2, -0.15) is 13.2 Å². The highest BCUT2D eigenvalue weighted by atomic mass is 32.1. The summed E-state index contributed by atoms with van der Waals surface area (Å²) in [6.45, 7) is 6.94. The highest BCUT2D eigenvalue weighted by Crippen LogP contribution is 2.31. The molecule has 3 aromatic rings. The number of hydrogen-bond acceptors (Lipinski definition) is 5. The van der Waals surface area contributed by atoms with Crippen molar-refractivity contribution in [3.8, 4) is 0 Å². The third kappa shape index (κ3) is 5.13. The molecule has 190 valence electrons. The zero-order valence-corrected chi connectivity index (χ0v) is 21.1.